The Morgan fingerprint density at radius 1 is 0.405 bits per heavy atom. The lowest BCUT2D eigenvalue weighted by atomic mass is 10.0. The zero-order chi connectivity index (χ0) is 57.7. The average molecular weight is 1130 g/mol. The SMILES string of the molecule is CC/C=C\C/C=C\C/C=C\C/C=C\C/C=C\C/C=C\C/C=C\C/C=C\CCCCCCCCCCCCCCCCC(=O)OC(COC(=O)CCCCCCCCCCCCCCCCCC)COP(=O)(O)OCC[N+](C)(C)C. The van der Waals surface area contributed by atoms with Gasteiger partial charge in [-0.3, -0.25) is 18.6 Å². The number of ether oxygens (including phenoxy) is 2. The average Bonchev–Trinajstić information content (AvgIpc) is 3.41. The lowest BCUT2D eigenvalue weighted by Gasteiger charge is -2.24. The summed E-state index contributed by atoms with van der Waals surface area (Å²) >= 11 is 0. The quantitative estimate of drug-likeness (QED) is 0.0211. The predicted molar refractivity (Wildman–Crippen MR) is 339 cm³/mol. The van der Waals surface area contributed by atoms with Crippen LogP contribution in [0.3, 0.4) is 0 Å². The summed E-state index contributed by atoms with van der Waals surface area (Å²) in [6.07, 6.45) is 82.1. The Bertz CT molecular complexity index is 1650. The molecule has 0 heterocycles. The number of hydrogen-bond acceptors (Lipinski definition) is 7. The van der Waals surface area contributed by atoms with Crippen LogP contribution in [0.4, 0.5) is 0 Å². The number of unbranched alkanes of at least 4 members (excludes halogenated alkanes) is 29. The number of hydrogen-bond donors (Lipinski definition) is 1. The molecule has 0 bridgehead atoms. The Balaban J connectivity index is 4.02. The van der Waals surface area contributed by atoms with Gasteiger partial charge in [0, 0.05) is 12.8 Å². The van der Waals surface area contributed by atoms with Gasteiger partial charge in [-0.15, -0.1) is 0 Å². The summed E-state index contributed by atoms with van der Waals surface area (Å²) in [6, 6.07) is 0. The van der Waals surface area contributed by atoms with Crippen LogP contribution >= 0.6 is 7.82 Å². The van der Waals surface area contributed by atoms with E-state index in [0.29, 0.717) is 23.9 Å². The lowest BCUT2D eigenvalue weighted by molar-refractivity contribution is -0.870. The summed E-state index contributed by atoms with van der Waals surface area (Å²) < 4.78 is 34.6. The molecule has 0 aromatic rings. The molecule has 0 aliphatic heterocycles. The minimum Gasteiger partial charge on any atom is -0.462 e. The number of carbonyl (C=O) groups is 2. The highest BCUT2D eigenvalue weighted by Crippen LogP contribution is 2.43. The summed E-state index contributed by atoms with van der Waals surface area (Å²) in [5.41, 5.74) is 0. The van der Waals surface area contributed by atoms with Gasteiger partial charge in [0.15, 0.2) is 6.10 Å². The molecular formula is C69H123NO8P+. The molecule has 0 saturated heterocycles. The van der Waals surface area contributed by atoms with Gasteiger partial charge in [-0.2, -0.15) is 0 Å². The molecule has 0 spiro atoms. The van der Waals surface area contributed by atoms with E-state index in [0.717, 1.165) is 89.9 Å². The van der Waals surface area contributed by atoms with Crippen molar-refractivity contribution in [3.63, 3.8) is 0 Å². The zero-order valence-electron chi connectivity index (χ0n) is 51.8. The van der Waals surface area contributed by atoms with Crippen LogP contribution in [-0.2, 0) is 32.7 Å². The van der Waals surface area contributed by atoms with Crippen molar-refractivity contribution in [1.29, 1.82) is 0 Å². The van der Waals surface area contributed by atoms with Crippen molar-refractivity contribution in [3.8, 4) is 0 Å². The maximum absolute atomic E-state index is 12.8. The summed E-state index contributed by atoms with van der Waals surface area (Å²) in [4.78, 5) is 35.7. The van der Waals surface area contributed by atoms with Crippen LogP contribution in [0.2, 0.25) is 0 Å². The van der Waals surface area contributed by atoms with Gasteiger partial charge in [0.25, 0.3) is 0 Å². The molecule has 0 saturated carbocycles. The van der Waals surface area contributed by atoms with Gasteiger partial charge < -0.3 is 18.9 Å². The Labute approximate surface area is 487 Å². The highest BCUT2D eigenvalue weighted by Gasteiger charge is 2.27. The van der Waals surface area contributed by atoms with Crippen molar-refractivity contribution in [2.45, 2.75) is 283 Å². The molecule has 1 N–H and O–H groups in total. The van der Waals surface area contributed by atoms with Gasteiger partial charge in [-0.1, -0.05) is 284 Å². The first-order chi connectivity index (χ1) is 38.5. The number of esters is 2. The second-order valence-corrected chi connectivity index (χ2v) is 24.2. The summed E-state index contributed by atoms with van der Waals surface area (Å²) in [5, 5.41) is 0. The largest absolute Gasteiger partial charge is 0.472 e. The van der Waals surface area contributed by atoms with Crippen LogP contribution in [0.5, 0.6) is 0 Å². The molecule has 0 aliphatic rings. The molecule has 79 heavy (non-hydrogen) atoms. The fourth-order valence-corrected chi connectivity index (χ4v) is 9.66. The Kier molecular flexibility index (Phi) is 57.2. The van der Waals surface area contributed by atoms with Crippen molar-refractivity contribution in [1.82, 2.24) is 0 Å². The smallest absolute Gasteiger partial charge is 0.462 e. The fourth-order valence-electron chi connectivity index (χ4n) is 8.92. The number of nitrogens with zero attached hydrogens (tertiary/aromatic N) is 1. The van der Waals surface area contributed by atoms with Crippen LogP contribution in [0.25, 0.3) is 0 Å². The van der Waals surface area contributed by atoms with E-state index in [9.17, 15) is 19.0 Å². The molecule has 456 valence electrons. The van der Waals surface area contributed by atoms with E-state index in [4.69, 9.17) is 18.5 Å². The van der Waals surface area contributed by atoms with Crippen LogP contribution in [0.15, 0.2) is 97.2 Å². The molecular weight excluding hydrogens is 1000 g/mol. The first-order valence-electron chi connectivity index (χ1n) is 32.5. The van der Waals surface area contributed by atoms with Crippen molar-refractivity contribution >= 4 is 19.8 Å². The van der Waals surface area contributed by atoms with Crippen LogP contribution in [-0.4, -0.2) is 74.9 Å². The first kappa shape index (κ1) is 75.9. The normalized spacial score (nSPS) is 13.8. The molecule has 0 fully saturated rings. The molecule has 0 amide bonds. The van der Waals surface area contributed by atoms with Crippen molar-refractivity contribution in [2.24, 2.45) is 0 Å². The van der Waals surface area contributed by atoms with E-state index < -0.39 is 26.5 Å². The van der Waals surface area contributed by atoms with Gasteiger partial charge in [0.2, 0.25) is 0 Å². The van der Waals surface area contributed by atoms with E-state index in [1.54, 1.807) is 0 Å². The van der Waals surface area contributed by atoms with E-state index in [1.165, 1.54) is 154 Å². The minimum atomic E-state index is -4.39. The third-order valence-electron chi connectivity index (χ3n) is 13.9. The monoisotopic (exact) mass is 1120 g/mol. The molecule has 10 heteroatoms. The maximum atomic E-state index is 12.8. The third-order valence-corrected chi connectivity index (χ3v) is 14.9. The standard InChI is InChI=1S/C69H122NO8P/c1-6-8-10-12-14-16-18-20-22-24-25-26-27-28-29-30-31-32-33-34-35-36-37-38-39-40-41-42-43-44-45-46-48-50-52-54-56-58-60-62-69(72)78-67(66-77-79(73,74)76-64-63-70(3,4)5)65-75-68(71)61-59-57-55-53-51-49-47-23-21-19-17-15-13-11-9-7-2/h8,10,14,16,20,22,25-26,28-29,31-32,34-35,37-38,67H,6-7,9,11-13,15,17-19,21,23-24,27,30,33,36,39-66H2,1-5H3/p+1/b10-8-,16-14-,22-20-,26-25-,29-28-,32-31-,35-34-,38-37-. The Hall–Kier alpha value is -3.07. The van der Waals surface area contributed by atoms with Crippen molar-refractivity contribution < 1.29 is 42.1 Å². The Morgan fingerprint density at radius 2 is 0.722 bits per heavy atom. The second kappa shape index (κ2) is 59.5. The summed E-state index contributed by atoms with van der Waals surface area (Å²) in [7, 11) is 1.48. The van der Waals surface area contributed by atoms with Gasteiger partial charge >= 0.3 is 19.8 Å². The number of allylic oxidation sites excluding steroid dienone is 16. The van der Waals surface area contributed by atoms with Crippen LogP contribution < -0.4 is 0 Å². The van der Waals surface area contributed by atoms with E-state index in [2.05, 4.69) is 111 Å². The molecule has 0 aromatic carbocycles. The van der Waals surface area contributed by atoms with Crippen molar-refractivity contribution in [3.05, 3.63) is 97.2 Å². The second-order valence-electron chi connectivity index (χ2n) is 22.8. The maximum Gasteiger partial charge on any atom is 0.472 e. The minimum absolute atomic E-state index is 0.0306. The van der Waals surface area contributed by atoms with Gasteiger partial charge in [0.1, 0.15) is 19.8 Å². The number of phosphoric acid groups is 1. The molecule has 2 unspecified atom stereocenters. The van der Waals surface area contributed by atoms with Crippen molar-refractivity contribution in [2.75, 3.05) is 47.5 Å². The Morgan fingerprint density at radius 3 is 1.08 bits per heavy atom. The number of quaternary nitrogens is 1. The third kappa shape index (κ3) is 64.0. The molecule has 0 rings (SSSR count). The van der Waals surface area contributed by atoms with E-state index >= 15 is 0 Å². The van der Waals surface area contributed by atoms with Gasteiger partial charge in [0.05, 0.1) is 27.7 Å². The van der Waals surface area contributed by atoms with E-state index in [1.807, 2.05) is 21.1 Å². The van der Waals surface area contributed by atoms with Gasteiger partial charge in [-0.25, -0.2) is 4.57 Å². The van der Waals surface area contributed by atoms with Gasteiger partial charge in [-0.05, 0) is 77.0 Å². The topological polar surface area (TPSA) is 108 Å². The molecule has 0 aliphatic carbocycles. The number of phosphoric ester groups is 1. The van der Waals surface area contributed by atoms with E-state index in [-0.39, 0.29) is 25.6 Å². The first-order valence-corrected chi connectivity index (χ1v) is 34.0. The summed E-state index contributed by atoms with van der Waals surface area (Å²) in [5.74, 6) is -0.790. The highest BCUT2D eigenvalue weighted by atomic mass is 31.2. The molecule has 9 nitrogen and oxygen atoms in total. The molecule has 0 radical (unpaired) electrons. The fraction of sp³-hybridized carbons (Fsp3) is 0.739. The molecule has 2 atom stereocenters. The predicted octanol–water partition coefficient (Wildman–Crippen LogP) is 20.8. The zero-order valence-corrected chi connectivity index (χ0v) is 52.7. The van der Waals surface area contributed by atoms with Crippen LogP contribution in [0.1, 0.15) is 277 Å². The van der Waals surface area contributed by atoms with Crippen LogP contribution in [0, 0.1) is 0 Å². The molecule has 0 aromatic heterocycles. The number of likely N-dealkylation sites (N-methyl/N-ethyl adjacent to an activating group) is 1. The lowest BCUT2D eigenvalue weighted by Crippen LogP contribution is -2.37. The number of carbonyl (C=O) groups excluding carboxylic acids is 2. The highest BCUT2D eigenvalue weighted by molar-refractivity contribution is 7.47. The number of rotatable bonds is 59. The summed E-state index contributed by atoms with van der Waals surface area (Å²) in [6.45, 7) is 4.34.